The summed E-state index contributed by atoms with van der Waals surface area (Å²) in [6.45, 7) is 0. The number of thiophene rings is 1. The average molecular weight is 467 g/mol. The summed E-state index contributed by atoms with van der Waals surface area (Å²) in [6, 6.07) is 45.6. The van der Waals surface area contributed by atoms with E-state index in [1.54, 1.807) is 0 Å². The molecule has 0 bridgehead atoms. The molecule has 166 valence electrons. The lowest BCUT2D eigenvalue weighted by Gasteiger charge is -2.25. The molecule has 2 nitrogen and oxygen atoms in total. The molecule has 7 rings (SSSR count). The van der Waals surface area contributed by atoms with Crippen molar-refractivity contribution in [1.29, 1.82) is 0 Å². The van der Waals surface area contributed by atoms with E-state index in [-0.39, 0.29) is 0 Å². The highest BCUT2D eigenvalue weighted by Crippen LogP contribution is 2.41. The Hall–Kier alpha value is -4.34. The molecule has 0 atom stereocenters. The Labute approximate surface area is 207 Å². The summed E-state index contributed by atoms with van der Waals surface area (Å²) in [5, 5.41) is 3.84. The third-order valence-electron chi connectivity index (χ3n) is 6.60. The van der Waals surface area contributed by atoms with E-state index in [0.29, 0.717) is 0 Å². The van der Waals surface area contributed by atoms with Gasteiger partial charge in [-0.3, -0.25) is 0 Å². The first-order valence-electron chi connectivity index (χ1n) is 11.8. The molecule has 0 fully saturated rings. The number of hydrogen-bond donors (Lipinski definition) is 0. The largest absolute Gasteiger partial charge is 0.317 e. The lowest BCUT2D eigenvalue weighted by molar-refractivity contribution is 1.13. The van der Waals surface area contributed by atoms with Crippen molar-refractivity contribution in [3.63, 3.8) is 0 Å². The van der Waals surface area contributed by atoms with Crippen molar-refractivity contribution in [1.82, 2.24) is 4.57 Å². The second kappa shape index (κ2) is 8.15. The predicted octanol–water partition coefficient (Wildman–Crippen LogP) is 9.47. The second-order valence-electron chi connectivity index (χ2n) is 8.71. The molecule has 0 N–H and O–H groups in total. The van der Waals surface area contributed by atoms with Crippen LogP contribution in [-0.4, -0.2) is 4.57 Å². The molecule has 0 unspecified atom stereocenters. The molecule has 2 heterocycles. The van der Waals surface area contributed by atoms with Gasteiger partial charge in [0.15, 0.2) is 0 Å². The van der Waals surface area contributed by atoms with Gasteiger partial charge in [-0.25, -0.2) is 0 Å². The molecule has 5 aromatic carbocycles. The SMILES string of the molecule is c1ccc(N(c2ccc3c(ccn3-c3ccccc3)c2)c2ccc3sc4ccccc4c3c2)cc1. The van der Waals surface area contributed by atoms with Crippen LogP contribution in [0.3, 0.4) is 0 Å². The zero-order valence-corrected chi connectivity index (χ0v) is 19.8. The summed E-state index contributed by atoms with van der Waals surface area (Å²) in [6.07, 6.45) is 2.15. The molecule has 7 aromatic rings. The first kappa shape index (κ1) is 20.1. The molecule has 0 saturated carbocycles. The zero-order chi connectivity index (χ0) is 23.2. The van der Waals surface area contributed by atoms with E-state index in [0.717, 1.165) is 17.1 Å². The Morgan fingerprint density at radius 3 is 2.06 bits per heavy atom. The number of para-hydroxylation sites is 2. The Kier molecular flexibility index (Phi) is 4.68. The summed E-state index contributed by atoms with van der Waals surface area (Å²) in [4.78, 5) is 2.35. The second-order valence-corrected chi connectivity index (χ2v) is 9.80. The molecule has 35 heavy (non-hydrogen) atoms. The van der Waals surface area contributed by atoms with E-state index < -0.39 is 0 Å². The highest BCUT2D eigenvalue weighted by Gasteiger charge is 2.15. The van der Waals surface area contributed by atoms with Crippen molar-refractivity contribution in [2.45, 2.75) is 0 Å². The molecule has 0 radical (unpaired) electrons. The van der Waals surface area contributed by atoms with Gasteiger partial charge in [-0.1, -0.05) is 54.6 Å². The van der Waals surface area contributed by atoms with Gasteiger partial charge in [0.05, 0.1) is 5.52 Å². The maximum atomic E-state index is 2.35. The van der Waals surface area contributed by atoms with E-state index in [9.17, 15) is 0 Å². The molecule has 0 aliphatic heterocycles. The quantitative estimate of drug-likeness (QED) is 0.251. The maximum absolute atomic E-state index is 2.35. The molecule has 0 aliphatic rings. The normalized spacial score (nSPS) is 11.4. The van der Waals surface area contributed by atoms with Crippen LogP contribution in [0.15, 0.2) is 134 Å². The highest BCUT2D eigenvalue weighted by atomic mass is 32.1. The van der Waals surface area contributed by atoms with Crippen molar-refractivity contribution in [3.8, 4) is 5.69 Å². The van der Waals surface area contributed by atoms with Crippen LogP contribution in [0.2, 0.25) is 0 Å². The predicted molar refractivity (Wildman–Crippen MR) is 151 cm³/mol. The van der Waals surface area contributed by atoms with Crippen LogP contribution >= 0.6 is 11.3 Å². The third-order valence-corrected chi connectivity index (χ3v) is 7.75. The Morgan fingerprint density at radius 1 is 0.514 bits per heavy atom. The Bertz CT molecular complexity index is 1800. The molecular formula is C32H22N2S. The summed E-state index contributed by atoms with van der Waals surface area (Å²) in [5.41, 5.74) is 5.83. The minimum absolute atomic E-state index is 1.15. The van der Waals surface area contributed by atoms with Crippen molar-refractivity contribution in [3.05, 3.63) is 134 Å². The van der Waals surface area contributed by atoms with Crippen molar-refractivity contribution < 1.29 is 0 Å². The number of aromatic nitrogens is 1. The van der Waals surface area contributed by atoms with Crippen LogP contribution in [0.25, 0.3) is 36.8 Å². The van der Waals surface area contributed by atoms with Gasteiger partial charge in [0, 0.05) is 54.5 Å². The van der Waals surface area contributed by atoms with Crippen LogP contribution in [-0.2, 0) is 0 Å². The maximum Gasteiger partial charge on any atom is 0.0529 e. The molecule has 0 amide bonds. The third kappa shape index (κ3) is 3.40. The van der Waals surface area contributed by atoms with E-state index in [1.807, 2.05) is 11.3 Å². The minimum atomic E-state index is 1.15. The first-order valence-corrected chi connectivity index (χ1v) is 12.6. The van der Waals surface area contributed by atoms with Crippen molar-refractivity contribution in [2.24, 2.45) is 0 Å². The van der Waals surface area contributed by atoms with Crippen LogP contribution < -0.4 is 4.90 Å². The van der Waals surface area contributed by atoms with Crippen LogP contribution in [0.5, 0.6) is 0 Å². The van der Waals surface area contributed by atoms with Crippen molar-refractivity contribution in [2.75, 3.05) is 4.90 Å². The van der Waals surface area contributed by atoms with Gasteiger partial charge in [0.25, 0.3) is 0 Å². The van der Waals surface area contributed by atoms with Gasteiger partial charge in [-0.2, -0.15) is 0 Å². The monoisotopic (exact) mass is 466 g/mol. The molecular weight excluding hydrogens is 444 g/mol. The van der Waals surface area contributed by atoms with Crippen LogP contribution in [0.1, 0.15) is 0 Å². The van der Waals surface area contributed by atoms with Gasteiger partial charge in [0.2, 0.25) is 0 Å². The van der Waals surface area contributed by atoms with Crippen LogP contribution in [0, 0.1) is 0 Å². The lowest BCUT2D eigenvalue weighted by atomic mass is 10.1. The van der Waals surface area contributed by atoms with E-state index in [2.05, 4.69) is 143 Å². The number of benzene rings is 5. The molecule has 0 spiro atoms. The lowest BCUT2D eigenvalue weighted by Crippen LogP contribution is -2.09. The first-order chi connectivity index (χ1) is 17.3. The summed E-state index contributed by atoms with van der Waals surface area (Å²) in [7, 11) is 0. The summed E-state index contributed by atoms with van der Waals surface area (Å²) < 4.78 is 4.89. The number of hydrogen-bond acceptors (Lipinski definition) is 2. The average Bonchev–Trinajstić information content (AvgIpc) is 3.51. The number of rotatable bonds is 4. The van der Waals surface area contributed by atoms with Gasteiger partial charge >= 0.3 is 0 Å². The Morgan fingerprint density at radius 2 is 1.20 bits per heavy atom. The van der Waals surface area contributed by atoms with E-state index in [4.69, 9.17) is 0 Å². The highest BCUT2D eigenvalue weighted by molar-refractivity contribution is 7.25. The number of anilines is 3. The van der Waals surface area contributed by atoms with E-state index in [1.165, 1.54) is 36.8 Å². The van der Waals surface area contributed by atoms with E-state index >= 15 is 0 Å². The van der Waals surface area contributed by atoms with Gasteiger partial charge in [0.1, 0.15) is 0 Å². The molecule has 0 aliphatic carbocycles. The van der Waals surface area contributed by atoms with Crippen LogP contribution in [0.4, 0.5) is 17.1 Å². The topological polar surface area (TPSA) is 8.17 Å². The standard InChI is InChI=1S/C32H22N2S/c1-3-9-24(10-4-1)33-20-19-23-21-26(15-17-30(23)33)34(25-11-5-2-6-12-25)27-16-18-32-29(22-27)28-13-7-8-14-31(28)35-32/h1-22H. The van der Waals surface area contributed by atoms with Crippen molar-refractivity contribution >= 4 is 59.5 Å². The van der Waals surface area contributed by atoms with Gasteiger partial charge < -0.3 is 9.47 Å². The number of nitrogens with zero attached hydrogens (tertiary/aromatic N) is 2. The molecule has 3 heteroatoms. The fraction of sp³-hybridized carbons (Fsp3) is 0. The zero-order valence-electron chi connectivity index (χ0n) is 19.0. The van der Waals surface area contributed by atoms with Gasteiger partial charge in [-0.05, 0) is 72.8 Å². The fourth-order valence-electron chi connectivity index (χ4n) is 4.96. The minimum Gasteiger partial charge on any atom is -0.317 e. The fourth-order valence-corrected chi connectivity index (χ4v) is 6.05. The molecule has 0 saturated heterocycles. The summed E-state index contributed by atoms with van der Waals surface area (Å²) >= 11 is 1.85. The van der Waals surface area contributed by atoms with Gasteiger partial charge in [-0.15, -0.1) is 11.3 Å². The smallest absolute Gasteiger partial charge is 0.0529 e. The number of fused-ring (bicyclic) bond motifs is 4. The summed E-state index contributed by atoms with van der Waals surface area (Å²) in [5.74, 6) is 0. The Balaban J connectivity index is 1.40. The molecule has 2 aromatic heterocycles.